The molecule has 0 bridgehead atoms. The Balaban J connectivity index is 1.34. The average molecular weight is 694 g/mol. The highest BCUT2D eigenvalue weighted by atomic mass is 127. The van der Waals surface area contributed by atoms with Gasteiger partial charge in [0.25, 0.3) is 5.91 Å². The maximum atomic E-state index is 13.2. The molecule has 1 heterocycles. The predicted molar refractivity (Wildman–Crippen MR) is 164 cm³/mol. The molecule has 0 spiro atoms. The number of benzene rings is 4. The van der Waals surface area contributed by atoms with E-state index in [1.807, 2.05) is 48.5 Å². The van der Waals surface area contributed by atoms with Crippen molar-refractivity contribution in [2.24, 2.45) is 5.10 Å². The third-order valence-corrected chi connectivity index (χ3v) is 7.10. The van der Waals surface area contributed by atoms with Gasteiger partial charge >= 0.3 is 5.97 Å². The van der Waals surface area contributed by atoms with E-state index in [0.29, 0.717) is 22.6 Å². The summed E-state index contributed by atoms with van der Waals surface area (Å²) < 4.78 is 12.9. The smallest absolute Gasteiger partial charge is 0.343 e. The molecule has 9 heteroatoms. The summed E-state index contributed by atoms with van der Waals surface area (Å²) in [7, 11) is 1.48. The van der Waals surface area contributed by atoms with Crippen LogP contribution >= 0.6 is 38.5 Å². The fourth-order valence-electron chi connectivity index (χ4n) is 4.05. The average Bonchev–Trinajstić information content (AvgIpc) is 3.33. The van der Waals surface area contributed by atoms with Crippen LogP contribution in [0.25, 0.3) is 22.0 Å². The normalized spacial score (nSPS) is 11.1. The number of nitrogens with zero attached hydrogens (tertiary/aromatic N) is 1. The van der Waals surface area contributed by atoms with Crippen molar-refractivity contribution in [3.05, 3.63) is 116 Å². The molecule has 7 nitrogen and oxygen atoms in total. The van der Waals surface area contributed by atoms with Gasteiger partial charge in [-0.15, -0.1) is 0 Å². The largest absolute Gasteiger partial charge is 0.493 e. The van der Waals surface area contributed by atoms with Crippen molar-refractivity contribution >= 4 is 67.5 Å². The fraction of sp³-hybridized carbons (Fsp3) is 0.0333. The lowest BCUT2D eigenvalue weighted by molar-refractivity contribution is 0.0729. The number of amides is 1. The lowest BCUT2D eigenvalue weighted by atomic mass is 10.0. The van der Waals surface area contributed by atoms with Crippen LogP contribution in [0.1, 0.15) is 26.4 Å². The number of carbonyl (C=O) groups is 2. The number of rotatable bonds is 7. The van der Waals surface area contributed by atoms with Crippen LogP contribution in [0.15, 0.2) is 101 Å². The first-order valence-corrected chi connectivity index (χ1v) is 13.7. The molecule has 0 unspecified atom stereocenters. The second-order valence-corrected chi connectivity index (χ2v) is 10.6. The van der Waals surface area contributed by atoms with E-state index in [1.54, 1.807) is 42.5 Å². The Hall–Kier alpha value is -3.96. The maximum absolute atomic E-state index is 13.2. The van der Waals surface area contributed by atoms with Gasteiger partial charge in [-0.1, -0.05) is 46.3 Å². The van der Waals surface area contributed by atoms with E-state index in [0.717, 1.165) is 30.1 Å². The zero-order chi connectivity index (χ0) is 27.4. The molecule has 0 radical (unpaired) electrons. The zero-order valence-corrected chi connectivity index (χ0v) is 24.3. The number of esters is 1. The molecule has 2 N–H and O–H groups in total. The van der Waals surface area contributed by atoms with Crippen molar-refractivity contribution in [3.63, 3.8) is 0 Å². The summed E-state index contributed by atoms with van der Waals surface area (Å²) in [5.41, 5.74) is 6.69. The molecule has 5 rings (SSSR count). The van der Waals surface area contributed by atoms with E-state index in [-0.39, 0.29) is 11.7 Å². The van der Waals surface area contributed by atoms with Gasteiger partial charge in [0.05, 0.1) is 18.9 Å². The van der Waals surface area contributed by atoms with Crippen molar-refractivity contribution in [1.82, 2.24) is 10.4 Å². The lowest BCUT2D eigenvalue weighted by Gasteiger charge is -2.10. The number of hydrogen-bond donors (Lipinski definition) is 2. The van der Waals surface area contributed by atoms with Gasteiger partial charge in [-0.05, 0) is 94.4 Å². The Morgan fingerprint density at radius 3 is 2.46 bits per heavy atom. The van der Waals surface area contributed by atoms with Gasteiger partial charge in [0.1, 0.15) is 5.69 Å². The molecule has 1 amide bonds. The summed E-state index contributed by atoms with van der Waals surface area (Å²) in [6.45, 7) is 0. The third kappa shape index (κ3) is 6.04. The monoisotopic (exact) mass is 693 g/mol. The number of aromatic nitrogens is 1. The Morgan fingerprint density at radius 2 is 1.72 bits per heavy atom. The highest BCUT2D eigenvalue weighted by molar-refractivity contribution is 14.1. The standard InChI is InChI=1S/C30H21BrIN3O4/c1-38-26-15-18(7-14-25(26)39-30(37)20-8-10-21(31)11-9-20)17-33-35-29(36)28-27(19-5-3-2-4-6-19)23-16-22(32)12-13-24(23)34-28/h2-17,34H,1H3,(H,35,36). The maximum Gasteiger partial charge on any atom is 0.343 e. The number of aromatic amines is 1. The van der Waals surface area contributed by atoms with Crippen molar-refractivity contribution in [2.75, 3.05) is 7.11 Å². The number of hydrazone groups is 1. The summed E-state index contributed by atoms with van der Waals surface area (Å²) in [5.74, 6) is -0.251. The lowest BCUT2D eigenvalue weighted by Crippen LogP contribution is -2.18. The molecule has 1 aromatic heterocycles. The number of carbonyl (C=O) groups excluding carboxylic acids is 2. The molecule has 194 valence electrons. The molecule has 0 aliphatic carbocycles. The Bertz CT molecular complexity index is 1700. The molecular weight excluding hydrogens is 673 g/mol. The number of hydrogen-bond acceptors (Lipinski definition) is 5. The SMILES string of the molecule is COc1cc(C=NNC(=O)c2[nH]c3ccc(I)cc3c2-c2ccccc2)ccc1OC(=O)c1ccc(Br)cc1. The highest BCUT2D eigenvalue weighted by Gasteiger charge is 2.19. The molecule has 0 aliphatic heterocycles. The molecule has 0 fully saturated rings. The van der Waals surface area contributed by atoms with Crippen LogP contribution in [0.5, 0.6) is 11.5 Å². The highest BCUT2D eigenvalue weighted by Crippen LogP contribution is 2.33. The minimum atomic E-state index is -0.503. The Labute approximate surface area is 246 Å². The van der Waals surface area contributed by atoms with Crippen molar-refractivity contribution < 1.29 is 19.1 Å². The summed E-state index contributed by atoms with van der Waals surface area (Å²) in [6.07, 6.45) is 1.49. The van der Waals surface area contributed by atoms with Gasteiger partial charge in [-0.25, -0.2) is 10.2 Å². The second-order valence-electron chi connectivity index (χ2n) is 8.44. The minimum absolute atomic E-state index is 0.270. The Morgan fingerprint density at radius 1 is 0.949 bits per heavy atom. The molecular formula is C30H21BrIN3O4. The van der Waals surface area contributed by atoms with Crippen LogP contribution in [-0.2, 0) is 0 Å². The van der Waals surface area contributed by atoms with Crippen molar-refractivity contribution in [3.8, 4) is 22.6 Å². The van der Waals surface area contributed by atoms with E-state index in [4.69, 9.17) is 9.47 Å². The van der Waals surface area contributed by atoms with Gasteiger partial charge in [0, 0.05) is 24.5 Å². The van der Waals surface area contributed by atoms with Crippen LogP contribution < -0.4 is 14.9 Å². The van der Waals surface area contributed by atoms with Gasteiger partial charge in [0.15, 0.2) is 11.5 Å². The molecule has 5 aromatic rings. The first kappa shape index (κ1) is 26.6. The van der Waals surface area contributed by atoms with Crippen LogP contribution in [0, 0.1) is 3.57 Å². The first-order chi connectivity index (χ1) is 18.9. The second kappa shape index (κ2) is 11.8. The quantitative estimate of drug-likeness (QED) is 0.0621. The Kier molecular flexibility index (Phi) is 8.08. The zero-order valence-electron chi connectivity index (χ0n) is 20.6. The van der Waals surface area contributed by atoms with Crippen molar-refractivity contribution in [2.45, 2.75) is 0 Å². The van der Waals surface area contributed by atoms with Gasteiger partial charge in [-0.3, -0.25) is 4.79 Å². The van der Waals surface area contributed by atoms with Crippen LogP contribution in [0.2, 0.25) is 0 Å². The molecule has 4 aromatic carbocycles. The van der Waals surface area contributed by atoms with Crippen LogP contribution in [0.4, 0.5) is 0 Å². The van der Waals surface area contributed by atoms with Gasteiger partial charge < -0.3 is 14.5 Å². The summed E-state index contributed by atoms with van der Waals surface area (Å²) >= 11 is 5.61. The molecule has 0 aliphatic rings. The number of H-pyrrole nitrogens is 1. The summed E-state index contributed by atoms with van der Waals surface area (Å²) in [5, 5.41) is 5.11. The molecule has 0 saturated heterocycles. The van der Waals surface area contributed by atoms with E-state index in [9.17, 15) is 9.59 Å². The van der Waals surface area contributed by atoms with E-state index in [2.05, 4.69) is 54.0 Å². The number of methoxy groups -OCH3 is 1. The van der Waals surface area contributed by atoms with E-state index in [1.165, 1.54) is 13.3 Å². The number of halogens is 2. The summed E-state index contributed by atoms with van der Waals surface area (Å²) in [4.78, 5) is 28.9. The topological polar surface area (TPSA) is 92.8 Å². The van der Waals surface area contributed by atoms with Crippen LogP contribution in [-0.4, -0.2) is 30.2 Å². The number of ether oxygens (including phenoxy) is 2. The van der Waals surface area contributed by atoms with Crippen molar-refractivity contribution in [1.29, 1.82) is 0 Å². The minimum Gasteiger partial charge on any atom is -0.493 e. The number of nitrogens with one attached hydrogen (secondary N) is 2. The first-order valence-electron chi connectivity index (χ1n) is 11.8. The predicted octanol–water partition coefficient (Wildman–Crippen LogP) is 7.19. The molecule has 39 heavy (non-hydrogen) atoms. The summed E-state index contributed by atoms with van der Waals surface area (Å²) in [6, 6.07) is 27.6. The van der Waals surface area contributed by atoms with Gasteiger partial charge in [0.2, 0.25) is 0 Å². The van der Waals surface area contributed by atoms with Crippen LogP contribution in [0.3, 0.4) is 0 Å². The molecule has 0 atom stereocenters. The van der Waals surface area contributed by atoms with E-state index >= 15 is 0 Å². The number of fused-ring (bicyclic) bond motifs is 1. The molecule has 0 saturated carbocycles. The van der Waals surface area contributed by atoms with Gasteiger partial charge in [-0.2, -0.15) is 5.10 Å². The third-order valence-electron chi connectivity index (χ3n) is 5.90. The van der Waals surface area contributed by atoms with E-state index < -0.39 is 5.97 Å². The fourth-order valence-corrected chi connectivity index (χ4v) is 4.81.